The number of hydrogen-bond donors (Lipinski definition) is 1. The Balaban J connectivity index is 0.000000285. The molecule has 3 aromatic rings. The van der Waals surface area contributed by atoms with Crippen molar-refractivity contribution >= 4 is 29.1 Å². The van der Waals surface area contributed by atoms with E-state index in [1.807, 2.05) is 52.0 Å². The summed E-state index contributed by atoms with van der Waals surface area (Å²) in [6.07, 6.45) is 3.29. The van der Waals surface area contributed by atoms with E-state index in [0.29, 0.717) is 18.0 Å². The van der Waals surface area contributed by atoms with E-state index >= 15 is 0 Å². The number of carbonyl (C=O) groups is 1. The Morgan fingerprint density at radius 1 is 1.16 bits per heavy atom. The van der Waals surface area contributed by atoms with Crippen LogP contribution in [-0.2, 0) is 0 Å². The normalized spacial score (nSPS) is 10.8. The van der Waals surface area contributed by atoms with Crippen LogP contribution in [0.2, 0.25) is 0 Å². The molecule has 0 atom stereocenters. The predicted octanol–water partition coefficient (Wildman–Crippen LogP) is 4.97. The van der Waals surface area contributed by atoms with Crippen molar-refractivity contribution in [3.63, 3.8) is 0 Å². The highest BCUT2D eigenvalue weighted by Gasteiger charge is 2.11. The van der Waals surface area contributed by atoms with Crippen LogP contribution in [0.15, 0.2) is 60.2 Å². The van der Waals surface area contributed by atoms with Crippen LogP contribution in [0, 0.1) is 20.8 Å². The first-order valence-electron chi connectivity index (χ1n) is 9.88. The molecule has 160 valence electrons. The summed E-state index contributed by atoms with van der Waals surface area (Å²) in [5, 5.41) is 0.997. The van der Waals surface area contributed by atoms with Crippen molar-refractivity contribution in [1.82, 2.24) is 9.97 Å². The van der Waals surface area contributed by atoms with Gasteiger partial charge in [-0.15, -0.1) is 0 Å². The molecule has 3 rings (SSSR count). The van der Waals surface area contributed by atoms with E-state index in [4.69, 9.17) is 10.5 Å². The number of allylic oxidation sites excluding steroid dienone is 2. The Labute approximate surface area is 183 Å². The molecule has 0 aliphatic heterocycles. The highest BCUT2D eigenvalue weighted by atomic mass is 16.5. The SMILES string of the molecule is C=C/C(=C\N=C)c1nc(C)c2cc(OCC)cc(C)c2n1.Cc1ccccc1C(N)=O. The molecule has 0 aliphatic rings. The molecule has 0 saturated heterocycles. The number of carbonyl (C=O) groups excluding carboxylic acids is 1. The van der Waals surface area contributed by atoms with Crippen molar-refractivity contribution in [1.29, 1.82) is 0 Å². The molecular formula is C25H28N4O2. The highest BCUT2D eigenvalue weighted by molar-refractivity contribution is 5.94. The minimum atomic E-state index is -0.363. The molecule has 0 bridgehead atoms. The number of aromatic nitrogens is 2. The van der Waals surface area contributed by atoms with Crippen LogP contribution in [0.4, 0.5) is 0 Å². The lowest BCUT2D eigenvalue weighted by Crippen LogP contribution is -2.12. The van der Waals surface area contributed by atoms with Gasteiger partial charge in [-0.1, -0.05) is 30.9 Å². The molecule has 0 radical (unpaired) electrons. The van der Waals surface area contributed by atoms with Gasteiger partial charge in [0, 0.05) is 28.4 Å². The van der Waals surface area contributed by atoms with E-state index in [0.717, 1.165) is 39.0 Å². The fraction of sp³-hybridized carbons (Fsp3) is 0.200. The van der Waals surface area contributed by atoms with Gasteiger partial charge in [-0.25, -0.2) is 9.97 Å². The number of rotatable bonds is 6. The number of benzene rings is 2. The molecule has 0 fully saturated rings. The number of aliphatic imine (C=N–C) groups is 1. The van der Waals surface area contributed by atoms with Crippen molar-refractivity contribution in [3.8, 4) is 5.75 Å². The van der Waals surface area contributed by atoms with Crippen LogP contribution < -0.4 is 10.5 Å². The van der Waals surface area contributed by atoms with Gasteiger partial charge in [-0.3, -0.25) is 9.79 Å². The molecule has 1 aromatic heterocycles. The maximum Gasteiger partial charge on any atom is 0.248 e. The van der Waals surface area contributed by atoms with Crippen LogP contribution >= 0.6 is 0 Å². The maximum atomic E-state index is 10.6. The topological polar surface area (TPSA) is 90.5 Å². The maximum absolute atomic E-state index is 10.6. The monoisotopic (exact) mass is 416 g/mol. The van der Waals surface area contributed by atoms with Gasteiger partial charge in [0.15, 0.2) is 5.82 Å². The van der Waals surface area contributed by atoms with Gasteiger partial charge < -0.3 is 10.5 Å². The van der Waals surface area contributed by atoms with Gasteiger partial charge in [0.1, 0.15) is 5.75 Å². The van der Waals surface area contributed by atoms with E-state index in [1.54, 1.807) is 24.4 Å². The zero-order valence-electron chi connectivity index (χ0n) is 18.5. The zero-order valence-corrected chi connectivity index (χ0v) is 18.5. The first kappa shape index (κ1) is 23.5. The molecule has 2 aromatic carbocycles. The van der Waals surface area contributed by atoms with Crippen molar-refractivity contribution < 1.29 is 9.53 Å². The molecule has 1 heterocycles. The first-order valence-corrected chi connectivity index (χ1v) is 9.88. The largest absolute Gasteiger partial charge is 0.494 e. The minimum absolute atomic E-state index is 0.363. The molecule has 1 amide bonds. The second kappa shape index (κ2) is 10.8. The Bertz CT molecular complexity index is 1150. The number of primary amides is 1. The van der Waals surface area contributed by atoms with Crippen LogP contribution in [0.3, 0.4) is 0 Å². The summed E-state index contributed by atoms with van der Waals surface area (Å²) in [5.41, 5.74) is 10.2. The van der Waals surface area contributed by atoms with Gasteiger partial charge in [-0.05, 0) is 63.7 Å². The minimum Gasteiger partial charge on any atom is -0.494 e. The van der Waals surface area contributed by atoms with E-state index in [1.165, 1.54) is 0 Å². The van der Waals surface area contributed by atoms with Crippen molar-refractivity contribution in [2.75, 3.05) is 6.61 Å². The summed E-state index contributed by atoms with van der Waals surface area (Å²) in [5.74, 6) is 1.09. The lowest BCUT2D eigenvalue weighted by Gasteiger charge is -2.11. The number of ether oxygens (including phenoxy) is 1. The summed E-state index contributed by atoms with van der Waals surface area (Å²) in [6.45, 7) is 15.7. The number of nitrogens with two attached hydrogens (primary N) is 1. The summed E-state index contributed by atoms with van der Waals surface area (Å²) in [4.78, 5) is 23.6. The smallest absolute Gasteiger partial charge is 0.248 e. The average Bonchev–Trinajstić information content (AvgIpc) is 2.73. The summed E-state index contributed by atoms with van der Waals surface area (Å²) in [6, 6.07) is 11.2. The standard InChI is InChI=1S/C17H19N3O.C8H9NO/c1-6-13(10-18-5)17-19-12(4)15-9-14(21-7-2)8-11(3)16(15)20-17;1-6-4-2-3-5-7(6)8(9)10/h6,8-10H,1,5,7H2,2-4H3;2-5H,1H3,(H2,9,10)/b13-10+;. The quantitative estimate of drug-likeness (QED) is 0.454. The van der Waals surface area contributed by atoms with Gasteiger partial charge in [-0.2, -0.15) is 0 Å². The molecule has 6 nitrogen and oxygen atoms in total. The van der Waals surface area contributed by atoms with Gasteiger partial charge in [0.2, 0.25) is 5.91 Å². The second-order valence-electron chi connectivity index (χ2n) is 6.85. The van der Waals surface area contributed by atoms with E-state index < -0.39 is 0 Å². The van der Waals surface area contributed by atoms with E-state index in [-0.39, 0.29) is 5.91 Å². The number of amides is 1. The predicted molar refractivity (Wildman–Crippen MR) is 128 cm³/mol. The third-order valence-electron chi connectivity index (χ3n) is 4.59. The molecular weight excluding hydrogens is 388 g/mol. The van der Waals surface area contributed by atoms with Crippen molar-refractivity contribution in [2.45, 2.75) is 27.7 Å². The zero-order chi connectivity index (χ0) is 23.0. The van der Waals surface area contributed by atoms with Crippen LogP contribution in [-0.4, -0.2) is 29.2 Å². The van der Waals surface area contributed by atoms with E-state index in [9.17, 15) is 4.79 Å². The fourth-order valence-corrected chi connectivity index (χ4v) is 3.05. The van der Waals surface area contributed by atoms with Gasteiger partial charge in [0.25, 0.3) is 0 Å². The molecule has 0 spiro atoms. The third kappa shape index (κ3) is 5.85. The summed E-state index contributed by atoms with van der Waals surface area (Å²) >= 11 is 0. The van der Waals surface area contributed by atoms with Crippen LogP contribution in [0.1, 0.15) is 39.9 Å². The molecule has 6 heteroatoms. The summed E-state index contributed by atoms with van der Waals surface area (Å²) in [7, 11) is 0. The van der Waals surface area contributed by atoms with Crippen molar-refractivity contribution in [3.05, 3.63) is 83.5 Å². The number of hydrogen-bond acceptors (Lipinski definition) is 5. The average molecular weight is 417 g/mol. The van der Waals surface area contributed by atoms with Crippen molar-refractivity contribution in [2.24, 2.45) is 10.7 Å². The lowest BCUT2D eigenvalue weighted by molar-refractivity contribution is 0.0999. The Kier molecular flexibility index (Phi) is 8.20. The van der Waals surface area contributed by atoms with E-state index in [2.05, 4.69) is 28.3 Å². The molecule has 2 N–H and O–H groups in total. The van der Waals surface area contributed by atoms with Gasteiger partial charge in [0.05, 0.1) is 12.1 Å². The molecule has 0 saturated carbocycles. The van der Waals surface area contributed by atoms with Gasteiger partial charge >= 0.3 is 0 Å². The first-order chi connectivity index (χ1) is 14.8. The molecule has 0 aliphatic carbocycles. The Morgan fingerprint density at radius 3 is 2.42 bits per heavy atom. The molecule has 31 heavy (non-hydrogen) atoms. The fourth-order valence-electron chi connectivity index (χ4n) is 3.05. The lowest BCUT2D eigenvalue weighted by atomic mass is 10.1. The second-order valence-corrected chi connectivity index (χ2v) is 6.85. The van der Waals surface area contributed by atoms with Crippen LogP contribution in [0.5, 0.6) is 5.75 Å². The third-order valence-corrected chi connectivity index (χ3v) is 4.59. The number of nitrogens with zero attached hydrogens (tertiary/aromatic N) is 3. The Hall–Kier alpha value is -3.80. The number of aryl methyl sites for hydroxylation is 3. The molecule has 0 unspecified atom stereocenters. The highest BCUT2D eigenvalue weighted by Crippen LogP contribution is 2.27. The Morgan fingerprint density at radius 2 is 1.87 bits per heavy atom. The van der Waals surface area contributed by atoms with Crippen LogP contribution in [0.25, 0.3) is 16.5 Å². The number of fused-ring (bicyclic) bond motifs is 1. The summed E-state index contributed by atoms with van der Waals surface area (Å²) < 4.78 is 5.58.